The number of benzene rings is 1. The molecular weight excluding hydrogens is 229 g/mol. The Bertz CT molecular complexity index is 390. The molecule has 0 radical (unpaired) electrons. The second-order valence-corrected chi connectivity index (χ2v) is 5.10. The van der Waals surface area contributed by atoms with Crippen LogP contribution in [0.25, 0.3) is 0 Å². The first-order valence-corrected chi connectivity index (χ1v) is 6.81. The summed E-state index contributed by atoms with van der Waals surface area (Å²) >= 11 is 0. The van der Waals surface area contributed by atoms with Crippen LogP contribution in [0.4, 0.5) is 4.39 Å². The molecule has 1 fully saturated rings. The molecule has 0 amide bonds. The monoisotopic (exact) mass is 251 g/mol. The lowest BCUT2D eigenvalue weighted by Gasteiger charge is -2.25. The highest BCUT2D eigenvalue weighted by Gasteiger charge is 2.18. The maximum atomic E-state index is 13.8. The van der Waals surface area contributed by atoms with E-state index in [2.05, 4.69) is 5.32 Å². The third-order valence-electron chi connectivity index (χ3n) is 3.89. The quantitative estimate of drug-likeness (QED) is 0.832. The van der Waals surface area contributed by atoms with Crippen LogP contribution in [-0.4, -0.2) is 13.7 Å². The summed E-state index contributed by atoms with van der Waals surface area (Å²) in [5.74, 6) is 1.30. The van der Waals surface area contributed by atoms with E-state index in [1.165, 1.54) is 25.3 Å². The lowest BCUT2D eigenvalue weighted by atomic mass is 9.83. The summed E-state index contributed by atoms with van der Waals surface area (Å²) in [5.41, 5.74) is 0.633. The van der Waals surface area contributed by atoms with E-state index >= 15 is 0 Å². The van der Waals surface area contributed by atoms with Crippen LogP contribution < -0.4 is 10.1 Å². The fourth-order valence-electron chi connectivity index (χ4n) is 2.32. The topological polar surface area (TPSA) is 21.3 Å². The standard InChI is InChI=1S/C15H22FNO/c1-11(17-2)15-13(16)7-4-8-14(15)18-10-9-12-5-3-6-12/h4,7-8,11-12,17H,3,5-6,9-10H2,1-2H3. The Kier molecular flexibility index (Phi) is 4.59. The molecule has 1 N–H and O–H groups in total. The van der Waals surface area contributed by atoms with E-state index in [1.807, 2.05) is 20.0 Å². The van der Waals surface area contributed by atoms with Crippen LogP contribution in [0.15, 0.2) is 18.2 Å². The van der Waals surface area contributed by atoms with Gasteiger partial charge in [0, 0.05) is 11.6 Å². The molecule has 0 aliphatic heterocycles. The zero-order chi connectivity index (χ0) is 13.0. The lowest BCUT2D eigenvalue weighted by molar-refractivity contribution is 0.219. The summed E-state index contributed by atoms with van der Waals surface area (Å²) in [6, 6.07) is 5.01. The second kappa shape index (κ2) is 6.19. The van der Waals surface area contributed by atoms with Gasteiger partial charge >= 0.3 is 0 Å². The predicted molar refractivity (Wildman–Crippen MR) is 71.3 cm³/mol. The minimum atomic E-state index is -0.196. The van der Waals surface area contributed by atoms with Crippen molar-refractivity contribution in [3.63, 3.8) is 0 Å². The van der Waals surface area contributed by atoms with Gasteiger partial charge in [-0.2, -0.15) is 0 Å². The van der Waals surface area contributed by atoms with Crippen LogP contribution in [0, 0.1) is 11.7 Å². The Morgan fingerprint density at radius 3 is 2.83 bits per heavy atom. The molecule has 3 heteroatoms. The molecule has 18 heavy (non-hydrogen) atoms. The number of ether oxygens (including phenoxy) is 1. The fourth-order valence-corrected chi connectivity index (χ4v) is 2.32. The first-order chi connectivity index (χ1) is 8.72. The first kappa shape index (κ1) is 13.3. The molecule has 100 valence electrons. The van der Waals surface area contributed by atoms with E-state index in [0.29, 0.717) is 17.9 Å². The van der Waals surface area contributed by atoms with Crippen molar-refractivity contribution < 1.29 is 9.13 Å². The van der Waals surface area contributed by atoms with Gasteiger partial charge in [0.2, 0.25) is 0 Å². The van der Waals surface area contributed by atoms with Gasteiger partial charge in [-0.3, -0.25) is 0 Å². The largest absolute Gasteiger partial charge is 0.493 e. The lowest BCUT2D eigenvalue weighted by Crippen LogP contribution is -2.17. The van der Waals surface area contributed by atoms with Crippen molar-refractivity contribution in [3.05, 3.63) is 29.6 Å². The zero-order valence-electron chi connectivity index (χ0n) is 11.2. The summed E-state index contributed by atoms with van der Waals surface area (Å²) < 4.78 is 19.6. The van der Waals surface area contributed by atoms with Gasteiger partial charge in [0.1, 0.15) is 11.6 Å². The molecule has 0 bridgehead atoms. The highest BCUT2D eigenvalue weighted by atomic mass is 19.1. The Morgan fingerprint density at radius 2 is 2.22 bits per heavy atom. The van der Waals surface area contributed by atoms with Crippen molar-refractivity contribution in [2.45, 2.75) is 38.6 Å². The highest BCUT2D eigenvalue weighted by Crippen LogP contribution is 2.31. The molecule has 1 aromatic rings. The third-order valence-corrected chi connectivity index (χ3v) is 3.89. The van der Waals surface area contributed by atoms with E-state index in [9.17, 15) is 4.39 Å². The van der Waals surface area contributed by atoms with Crippen LogP contribution >= 0.6 is 0 Å². The molecule has 0 aromatic heterocycles. The van der Waals surface area contributed by atoms with Gasteiger partial charge in [0.25, 0.3) is 0 Å². The Labute approximate surface area is 109 Å². The molecule has 0 saturated heterocycles. The fraction of sp³-hybridized carbons (Fsp3) is 0.600. The van der Waals surface area contributed by atoms with Crippen molar-refractivity contribution in [1.29, 1.82) is 0 Å². The van der Waals surface area contributed by atoms with Crippen molar-refractivity contribution in [2.75, 3.05) is 13.7 Å². The van der Waals surface area contributed by atoms with Crippen molar-refractivity contribution >= 4 is 0 Å². The van der Waals surface area contributed by atoms with E-state index < -0.39 is 0 Å². The van der Waals surface area contributed by atoms with Crippen LogP contribution in [-0.2, 0) is 0 Å². The predicted octanol–water partition coefficient (Wildman–Crippen LogP) is 3.68. The average Bonchev–Trinajstić information content (AvgIpc) is 2.31. The van der Waals surface area contributed by atoms with Gasteiger partial charge in [-0.1, -0.05) is 25.3 Å². The molecule has 1 aliphatic carbocycles. The maximum Gasteiger partial charge on any atom is 0.131 e. The number of halogens is 1. The molecule has 1 aromatic carbocycles. The van der Waals surface area contributed by atoms with Gasteiger partial charge < -0.3 is 10.1 Å². The van der Waals surface area contributed by atoms with E-state index in [-0.39, 0.29) is 11.9 Å². The summed E-state index contributed by atoms with van der Waals surface area (Å²) in [4.78, 5) is 0. The normalized spacial score (nSPS) is 17.3. The molecule has 1 aliphatic rings. The van der Waals surface area contributed by atoms with Crippen LogP contribution in [0.5, 0.6) is 5.75 Å². The molecule has 1 atom stereocenters. The van der Waals surface area contributed by atoms with Crippen LogP contribution in [0.1, 0.15) is 44.2 Å². The molecule has 2 nitrogen and oxygen atoms in total. The molecule has 1 unspecified atom stereocenters. The molecule has 0 spiro atoms. The zero-order valence-corrected chi connectivity index (χ0v) is 11.2. The van der Waals surface area contributed by atoms with Crippen molar-refractivity contribution in [1.82, 2.24) is 5.32 Å². The van der Waals surface area contributed by atoms with Gasteiger partial charge in [0.05, 0.1) is 6.61 Å². The van der Waals surface area contributed by atoms with Gasteiger partial charge in [0.15, 0.2) is 0 Å². The summed E-state index contributed by atoms with van der Waals surface area (Å²) in [7, 11) is 1.83. The SMILES string of the molecule is CNC(C)c1c(F)cccc1OCCC1CCC1. The molecule has 2 rings (SSSR count). The summed E-state index contributed by atoms with van der Waals surface area (Å²) in [6.45, 7) is 2.63. The first-order valence-electron chi connectivity index (χ1n) is 6.81. The number of hydrogen-bond acceptors (Lipinski definition) is 2. The van der Waals surface area contributed by atoms with Crippen molar-refractivity contribution in [3.8, 4) is 5.75 Å². The highest BCUT2D eigenvalue weighted by molar-refractivity contribution is 5.36. The van der Waals surface area contributed by atoms with E-state index in [0.717, 1.165) is 12.3 Å². The van der Waals surface area contributed by atoms with E-state index in [4.69, 9.17) is 4.74 Å². The minimum absolute atomic E-state index is 0.0371. The van der Waals surface area contributed by atoms with E-state index in [1.54, 1.807) is 6.07 Å². The van der Waals surface area contributed by atoms with Crippen LogP contribution in [0.2, 0.25) is 0 Å². The Hall–Kier alpha value is -1.09. The molecule has 1 saturated carbocycles. The van der Waals surface area contributed by atoms with Crippen molar-refractivity contribution in [2.24, 2.45) is 5.92 Å². The van der Waals surface area contributed by atoms with Gasteiger partial charge in [-0.05, 0) is 38.4 Å². The number of rotatable bonds is 6. The molecule has 0 heterocycles. The smallest absolute Gasteiger partial charge is 0.131 e. The Balaban J connectivity index is 1.99. The van der Waals surface area contributed by atoms with Gasteiger partial charge in [-0.25, -0.2) is 4.39 Å². The minimum Gasteiger partial charge on any atom is -0.493 e. The number of nitrogens with one attached hydrogen (secondary N) is 1. The maximum absolute atomic E-state index is 13.8. The average molecular weight is 251 g/mol. The number of hydrogen-bond donors (Lipinski definition) is 1. The third kappa shape index (κ3) is 3.02. The summed E-state index contributed by atoms with van der Waals surface area (Å²) in [5, 5.41) is 3.06. The summed E-state index contributed by atoms with van der Waals surface area (Å²) in [6.07, 6.45) is 5.09. The van der Waals surface area contributed by atoms with Gasteiger partial charge in [-0.15, -0.1) is 0 Å². The van der Waals surface area contributed by atoms with Crippen LogP contribution in [0.3, 0.4) is 0 Å². The second-order valence-electron chi connectivity index (χ2n) is 5.10. The molecular formula is C15H22FNO. The Morgan fingerprint density at radius 1 is 1.44 bits per heavy atom.